The van der Waals surface area contributed by atoms with Crippen LogP contribution in [0.25, 0.3) is 0 Å². The number of fused-ring (bicyclic) bond motifs is 1. The first-order valence-corrected chi connectivity index (χ1v) is 6.47. The average Bonchev–Trinajstić information content (AvgIpc) is 2.32. The third kappa shape index (κ3) is 2.67. The molecule has 0 radical (unpaired) electrons. The molecule has 0 aromatic heterocycles. The fourth-order valence-electron chi connectivity index (χ4n) is 2.09. The first-order chi connectivity index (χ1) is 8.22. The van der Waals surface area contributed by atoms with E-state index in [0.717, 1.165) is 23.0 Å². The topological polar surface area (TPSA) is 44.1 Å². The van der Waals surface area contributed by atoms with Crippen LogP contribution >= 0.6 is 15.9 Å². The van der Waals surface area contributed by atoms with Crippen molar-refractivity contribution in [3.05, 3.63) is 28.2 Å². The Bertz CT molecular complexity index is 479. The summed E-state index contributed by atoms with van der Waals surface area (Å²) >= 11 is 3.44. The lowest BCUT2D eigenvalue weighted by molar-refractivity contribution is -0.118. The van der Waals surface area contributed by atoms with Crippen LogP contribution in [0.4, 0.5) is 5.69 Å². The van der Waals surface area contributed by atoms with Crippen LogP contribution in [0, 0.1) is 11.3 Å². The second kappa shape index (κ2) is 5.33. The van der Waals surface area contributed by atoms with E-state index in [4.69, 9.17) is 5.26 Å². The number of rotatable bonds is 3. The van der Waals surface area contributed by atoms with Crippen molar-refractivity contribution in [3.63, 3.8) is 0 Å². The molecule has 0 saturated heterocycles. The highest BCUT2D eigenvalue weighted by molar-refractivity contribution is 9.10. The van der Waals surface area contributed by atoms with Crippen molar-refractivity contribution >= 4 is 27.5 Å². The van der Waals surface area contributed by atoms with E-state index in [1.807, 2.05) is 17.0 Å². The molecule has 0 atom stereocenters. The van der Waals surface area contributed by atoms with Crippen LogP contribution in [-0.2, 0) is 11.2 Å². The van der Waals surface area contributed by atoms with Gasteiger partial charge in [-0.2, -0.15) is 5.26 Å². The maximum Gasteiger partial charge on any atom is 0.227 e. The molecule has 1 aliphatic rings. The number of aryl methyl sites for hydroxylation is 1. The zero-order valence-corrected chi connectivity index (χ0v) is 11.0. The highest BCUT2D eigenvalue weighted by Crippen LogP contribution is 2.30. The minimum atomic E-state index is 0.165. The number of amides is 1. The number of nitriles is 1. The van der Waals surface area contributed by atoms with Gasteiger partial charge in [0.15, 0.2) is 0 Å². The van der Waals surface area contributed by atoms with Gasteiger partial charge in [-0.3, -0.25) is 4.79 Å². The summed E-state index contributed by atoms with van der Waals surface area (Å²) in [6.45, 7) is 0.640. The Labute approximate surface area is 109 Å². The minimum absolute atomic E-state index is 0.165. The number of carbonyl (C=O) groups is 1. The van der Waals surface area contributed by atoms with Crippen molar-refractivity contribution in [1.82, 2.24) is 0 Å². The lowest BCUT2D eigenvalue weighted by atomic mass is 10.0. The molecule has 1 aromatic rings. The molecule has 0 spiro atoms. The van der Waals surface area contributed by atoms with Crippen molar-refractivity contribution in [3.8, 4) is 6.07 Å². The van der Waals surface area contributed by atoms with Gasteiger partial charge in [-0.25, -0.2) is 0 Å². The van der Waals surface area contributed by atoms with E-state index < -0.39 is 0 Å². The number of hydrogen-bond donors (Lipinski definition) is 0. The fraction of sp³-hybridized carbons (Fsp3) is 0.385. The maximum absolute atomic E-state index is 11.9. The number of carbonyl (C=O) groups excluding carboxylic acids is 1. The van der Waals surface area contributed by atoms with E-state index in [1.165, 1.54) is 5.56 Å². The summed E-state index contributed by atoms with van der Waals surface area (Å²) in [6.07, 6.45) is 2.60. The molecule has 17 heavy (non-hydrogen) atoms. The number of hydrogen-bond acceptors (Lipinski definition) is 2. The predicted octanol–water partition coefficient (Wildman–Crippen LogP) is 3.03. The molecule has 0 saturated carbocycles. The molecule has 1 amide bonds. The Kier molecular flexibility index (Phi) is 3.80. The highest BCUT2D eigenvalue weighted by atomic mass is 79.9. The summed E-state index contributed by atoms with van der Waals surface area (Å²) in [4.78, 5) is 13.7. The van der Waals surface area contributed by atoms with Crippen LogP contribution in [0.5, 0.6) is 0 Å². The number of benzene rings is 1. The normalized spacial score (nSPS) is 14.4. The van der Waals surface area contributed by atoms with Gasteiger partial charge >= 0.3 is 0 Å². The highest BCUT2D eigenvalue weighted by Gasteiger charge is 2.23. The number of anilines is 1. The molecule has 0 aliphatic carbocycles. The predicted molar refractivity (Wildman–Crippen MR) is 69.7 cm³/mol. The molecule has 3 nitrogen and oxygen atoms in total. The summed E-state index contributed by atoms with van der Waals surface area (Å²) in [5, 5.41) is 8.53. The van der Waals surface area contributed by atoms with Crippen LogP contribution in [0.3, 0.4) is 0 Å². The summed E-state index contributed by atoms with van der Waals surface area (Å²) in [5.74, 6) is 0.165. The van der Waals surface area contributed by atoms with Gasteiger partial charge in [-0.1, -0.05) is 15.9 Å². The zero-order valence-electron chi connectivity index (χ0n) is 9.45. The second-order valence-corrected chi connectivity index (χ2v) is 5.00. The van der Waals surface area contributed by atoms with Crippen LogP contribution < -0.4 is 4.90 Å². The molecule has 88 valence electrons. The largest absolute Gasteiger partial charge is 0.312 e. The van der Waals surface area contributed by atoms with E-state index in [-0.39, 0.29) is 5.91 Å². The SMILES string of the molecule is N#CCCCN1C(=O)CCc2cc(Br)ccc21. The molecular weight excluding hydrogens is 280 g/mol. The molecule has 0 N–H and O–H groups in total. The minimum Gasteiger partial charge on any atom is -0.312 e. The average molecular weight is 293 g/mol. The quantitative estimate of drug-likeness (QED) is 0.804. The van der Waals surface area contributed by atoms with Crippen LogP contribution in [0.1, 0.15) is 24.8 Å². The molecule has 0 fully saturated rings. The lowest BCUT2D eigenvalue weighted by Crippen LogP contribution is -2.35. The molecule has 2 rings (SSSR count). The Balaban J connectivity index is 2.21. The van der Waals surface area contributed by atoms with Gasteiger partial charge in [-0.05, 0) is 36.6 Å². The van der Waals surface area contributed by atoms with E-state index >= 15 is 0 Å². The van der Waals surface area contributed by atoms with Crippen molar-refractivity contribution in [2.45, 2.75) is 25.7 Å². The Morgan fingerprint density at radius 2 is 2.24 bits per heavy atom. The van der Waals surface area contributed by atoms with Gasteiger partial charge in [0.1, 0.15) is 0 Å². The Hall–Kier alpha value is -1.34. The molecule has 1 heterocycles. The Morgan fingerprint density at radius 3 is 3.00 bits per heavy atom. The number of halogens is 1. The van der Waals surface area contributed by atoms with E-state index in [1.54, 1.807) is 0 Å². The van der Waals surface area contributed by atoms with Gasteiger partial charge in [0.05, 0.1) is 6.07 Å². The Morgan fingerprint density at radius 1 is 1.41 bits per heavy atom. The van der Waals surface area contributed by atoms with Crippen molar-refractivity contribution < 1.29 is 4.79 Å². The first-order valence-electron chi connectivity index (χ1n) is 5.68. The monoisotopic (exact) mass is 292 g/mol. The standard InChI is InChI=1S/C13H13BrN2O/c14-11-4-5-12-10(9-11)3-6-13(17)16(12)8-2-1-7-15/h4-5,9H,1-3,6,8H2. The summed E-state index contributed by atoms with van der Waals surface area (Å²) in [6, 6.07) is 8.11. The van der Waals surface area contributed by atoms with E-state index in [2.05, 4.69) is 28.1 Å². The third-order valence-corrected chi connectivity index (χ3v) is 3.41. The third-order valence-electron chi connectivity index (χ3n) is 2.91. The summed E-state index contributed by atoms with van der Waals surface area (Å²) in [7, 11) is 0. The molecular formula is C13H13BrN2O. The summed E-state index contributed by atoms with van der Waals surface area (Å²) in [5.41, 5.74) is 2.21. The molecule has 1 aromatic carbocycles. The number of nitrogens with zero attached hydrogens (tertiary/aromatic N) is 2. The molecule has 0 bridgehead atoms. The van der Waals surface area contributed by atoms with Crippen molar-refractivity contribution in [2.24, 2.45) is 0 Å². The maximum atomic E-state index is 11.9. The molecule has 1 aliphatic heterocycles. The van der Waals surface area contributed by atoms with Crippen molar-refractivity contribution in [1.29, 1.82) is 5.26 Å². The van der Waals surface area contributed by atoms with Gasteiger partial charge in [0, 0.05) is 29.5 Å². The van der Waals surface area contributed by atoms with Gasteiger partial charge in [0.2, 0.25) is 5.91 Å². The van der Waals surface area contributed by atoms with E-state index in [0.29, 0.717) is 19.4 Å². The van der Waals surface area contributed by atoms with Crippen LogP contribution in [0.15, 0.2) is 22.7 Å². The van der Waals surface area contributed by atoms with Gasteiger partial charge in [0.25, 0.3) is 0 Å². The number of unbranched alkanes of at least 4 members (excludes halogenated alkanes) is 1. The smallest absolute Gasteiger partial charge is 0.227 e. The summed E-state index contributed by atoms with van der Waals surface area (Å²) < 4.78 is 1.04. The first kappa shape index (κ1) is 12.1. The van der Waals surface area contributed by atoms with E-state index in [9.17, 15) is 4.79 Å². The molecule has 0 unspecified atom stereocenters. The van der Waals surface area contributed by atoms with Gasteiger partial charge < -0.3 is 4.90 Å². The van der Waals surface area contributed by atoms with Crippen molar-refractivity contribution in [2.75, 3.05) is 11.4 Å². The lowest BCUT2D eigenvalue weighted by Gasteiger charge is -2.29. The van der Waals surface area contributed by atoms with Gasteiger partial charge in [-0.15, -0.1) is 0 Å². The van der Waals surface area contributed by atoms with Crippen LogP contribution in [-0.4, -0.2) is 12.5 Å². The fourth-order valence-corrected chi connectivity index (χ4v) is 2.50. The van der Waals surface area contributed by atoms with Crippen LogP contribution in [0.2, 0.25) is 0 Å². The molecule has 4 heteroatoms. The zero-order chi connectivity index (χ0) is 12.3. The second-order valence-electron chi connectivity index (χ2n) is 4.08.